The van der Waals surface area contributed by atoms with Crippen LogP contribution in [0.25, 0.3) is 11.4 Å². The van der Waals surface area contributed by atoms with Crippen LogP contribution in [0, 0.1) is 17.7 Å². The number of halogens is 1. The number of hydrogen-bond donors (Lipinski definition) is 2. The van der Waals surface area contributed by atoms with Crippen molar-refractivity contribution >= 4 is 11.7 Å². The summed E-state index contributed by atoms with van der Waals surface area (Å²) >= 11 is 0. The topological polar surface area (TPSA) is 88.0 Å². The summed E-state index contributed by atoms with van der Waals surface area (Å²) in [4.78, 5) is 15.2. The molecule has 0 unspecified atom stereocenters. The van der Waals surface area contributed by atoms with Crippen molar-refractivity contribution in [1.29, 1.82) is 0 Å². The van der Waals surface area contributed by atoms with E-state index in [9.17, 15) is 9.18 Å². The molecular formula is C26H34FN7O. The minimum Gasteiger partial charge on any atom is -0.338 e. The van der Waals surface area contributed by atoms with Crippen molar-refractivity contribution in [3.63, 3.8) is 0 Å². The number of tetrazole rings is 1. The molecule has 1 aromatic heterocycles. The first-order chi connectivity index (χ1) is 16.9. The molecule has 9 heteroatoms. The molecule has 0 spiro atoms. The molecule has 0 aliphatic carbocycles. The molecule has 2 amide bonds. The molecule has 0 saturated carbocycles. The van der Waals surface area contributed by atoms with E-state index >= 15 is 0 Å². The fraction of sp³-hybridized carbons (Fsp3) is 0.462. The highest BCUT2D eigenvalue weighted by atomic mass is 19.1. The van der Waals surface area contributed by atoms with Gasteiger partial charge in [0, 0.05) is 37.9 Å². The molecule has 1 aliphatic rings. The second kappa shape index (κ2) is 11.4. The van der Waals surface area contributed by atoms with Gasteiger partial charge in [-0.3, -0.25) is 0 Å². The summed E-state index contributed by atoms with van der Waals surface area (Å²) in [6.45, 7) is 7.88. The largest absolute Gasteiger partial charge is 0.338 e. The third kappa shape index (κ3) is 6.63. The zero-order chi connectivity index (χ0) is 24.8. The zero-order valence-electron chi connectivity index (χ0n) is 20.7. The number of nitrogens with one attached hydrogen (secondary N) is 2. The van der Waals surface area contributed by atoms with Crippen molar-refractivity contribution in [2.24, 2.45) is 18.9 Å². The molecule has 1 fully saturated rings. The van der Waals surface area contributed by atoms with E-state index in [-0.39, 0.29) is 11.8 Å². The Morgan fingerprint density at radius 3 is 2.69 bits per heavy atom. The van der Waals surface area contributed by atoms with Gasteiger partial charge in [-0.25, -0.2) is 13.9 Å². The number of piperidine rings is 1. The van der Waals surface area contributed by atoms with Crippen molar-refractivity contribution < 1.29 is 9.18 Å². The molecule has 35 heavy (non-hydrogen) atoms. The number of carbonyl (C=O) groups is 1. The number of aromatic nitrogens is 4. The van der Waals surface area contributed by atoms with E-state index in [0.29, 0.717) is 24.2 Å². The van der Waals surface area contributed by atoms with Crippen LogP contribution in [0.3, 0.4) is 0 Å². The third-order valence-corrected chi connectivity index (χ3v) is 6.89. The molecule has 1 aliphatic heterocycles. The highest BCUT2D eigenvalue weighted by Crippen LogP contribution is 2.24. The van der Waals surface area contributed by atoms with Crippen molar-refractivity contribution in [3.8, 4) is 11.4 Å². The molecule has 0 radical (unpaired) electrons. The van der Waals surface area contributed by atoms with Crippen LogP contribution in [0.4, 0.5) is 14.9 Å². The number of rotatable bonds is 8. The first-order valence-corrected chi connectivity index (χ1v) is 12.3. The number of urea groups is 1. The molecule has 186 valence electrons. The molecule has 4 rings (SSSR count). The number of anilines is 1. The quantitative estimate of drug-likeness (QED) is 0.512. The fourth-order valence-corrected chi connectivity index (χ4v) is 4.60. The second-order valence-corrected chi connectivity index (χ2v) is 9.44. The Morgan fingerprint density at radius 2 is 1.97 bits per heavy atom. The SMILES string of the molecule is CCc1cc(NC(=O)NC[C@H]2CN(CCc3ccc(F)cc3)CC[C@@H]2C)cc(-c2nnnn2C)c1. The number of likely N-dealkylation sites (tertiary alicyclic amines) is 1. The Bertz CT molecular complexity index is 1130. The van der Waals surface area contributed by atoms with Crippen LogP contribution in [0.2, 0.25) is 0 Å². The van der Waals surface area contributed by atoms with Crippen LogP contribution in [0.15, 0.2) is 42.5 Å². The maximum Gasteiger partial charge on any atom is 0.319 e. The normalized spacial score (nSPS) is 18.4. The van der Waals surface area contributed by atoms with E-state index in [0.717, 1.165) is 61.3 Å². The van der Waals surface area contributed by atoms with Gasteiger partial charge in [0.25, 0.3) is 0 Å². The lowest BCUT2D eigenvalue weighted by Gasteiger charge is -2.37. The summed E-state index contributed by atoms with van der Waals surface area (Å²) in [5.41, 5.74) is 3.82. The van der Waals surface area contributed by atoms with E-state index in [1.54, 1.807) is 11.7 Å². The van der Waals surface area contributed by atoms with Gasteiger partial charge in [-0.2, -0.15) is 0 Å². The molecular weight excluding hydrogens is 445 g/mol. The number of amides is 2. The van der Waals surface area contributed by atoms with Crippen molar-refractivity contribution in [3.05, 3.63) is 59.4 Å². The monoisotopic (exact) mass is 479 g/mol. The molecule has 3 aromatic rings. The highest BCUT2D eigenvalue weighted by Gasteiger charge is 2.26. The van der Waals surface area contributed by atoms with E-state index in [1.807, 2.05) is 30.3 Å². The van der Waals surface area contributed by atoms with Crippen LogP contribution in [0.1, 0.15) is 31.4 Å². The minimum absolute atomic E-state index is 0.201. The Morgan fingerprint density at radius 1 is 1.17 bits per heavy atom. The first kappa shape index (κ1) is 24.8. The van der Waals surface area contributed by atoms with E-state index in [2.05, 4.69) is 44.9 Å². The third-order valence-electron chi connectivity index (χ3n) is 6.89. The van der Waals surface area contributed by atoms with Gasteiger partial charge >= 0.3 is 6.03 Å². The van der Waals surface area contributed by atoms with Gasteiger partial charge in [0.2, 0.25) is 0 Å². The van der Waals surface area contributed by atoms with Crippen molar-refractivity contribution in [2.75, 3.05) is 31.5 Å². The van der Waals surface area contributed by atoms with Crippen LogP contribution < -0.4 is 10.6 Å². The maximum absolute atomic E-state index is 13.1. The van der Waals surface area contributed by atoms with Gasteiger partial charge in [0.15, 0.2) is 5.82 Å². The Kier molecular flexibility index (Phi) is 8.07. The average Bonchev–Trinajstić information content (AvgIpc) is 3.29. The number of hydrogen-bond acceptors (Lipinski definition) is 5. The highest BCUT2D eigenvalue weighted by molar-refractivity contribution is 5.90. The Labute approximate surface area is 205 Å². The zero-order valence-corrected chi connectivity index (χ0v) is 20.7. The lowest BCUT2D eigenvalue weighted by Crippen LogP contribution is -2.45. The summed E-state index contributed by atoms with van der Waals surface area (Å²) in [6, 6.07) is 12.4. The predicted octanol–water partition coefficient (Wildman–Crippen LogP) is 3.90. The van der Waals surface area contributed by atoms with E-state index < -0.39 is 0 Å². The van der Waals surface area contributed by atoms with Gasteiger partial charge in [0.1, 0.15) is 5.82 Å². The summed E-state index contributed by atoms with van der Waals surface area (Å²) in [6.07, 6.45) is 2.83. The molecule has 1 saturated heterocycles. The molecule has 2 heterocycles. The van der Waals surface area contributed by atoms with E-state index in [4.69, 9.17) is 0 Å². The standard InChI is InChI=1S/C26H34FN7O/c1-4-19-13-21(25-30-31-32-33(25)3)15-24(14-19)29-26(35)28-16-22-17-34(11-9-18(22)2)12-10-20-5-7-23(27)8-6-20/h5-8,13-15,18,22H,4,9-12,16-17H2,1-3H3,(H2,28,29,35)/t18-,22-/m0/s1. The molecule has 2 aromatic carbocycles. The number of aryl methyl sites for hydroxylation is 2. The fourth-order valence-electron chi connectivity index (χ4n) is 4.60. The van der Waals surface area contributed by atoms with Gasteiger partial charge in [-0.15, -0.1) is 5.10 Å². The summed E-state index contributed by atoms with van der Waals surface area (Å²) < 4.78 is 14.8. The Balaban J connectivity index is 1.31. The van der Waals surface area contributed by atoms with E-state index in [1.165, 1.54) is 12.1 Å². The van der Waals surface area contributed by atoms with Crippen LogP contribution in [0.5, 0.6) is 0 Å². The Hall–Kier alpha value is -3.33. The smallest absolute Gasteiger partial charge is 0.319 e. The summed E-state index contributed by atoms with van der Waals surface area (Å²) in [5.74, 6) is 1.37. The number of benzene rings is 2. The molecule has 2 atom stereocenters. The second-order valence-electron chi connectivity index (χ2n) is 9.44. The van der Waals surface area contributed by atoms with Crippen LogP contribution in [-0.2, 0) is 19.9 Å². The minimum atomic E-state index is -0.212. The lowest BCUT2D eigenvalue weighted by atomic mass is 9.87. The molecule has 0 bridgehead atoms. The number of carbonyl (C=O) groups excluding carboxylic acids is 1. The summed E-state index contributed by atoms with van der Waals surface area (Å²) in [7, 11) is 1.79. The average molecular weight is 480 g/mol. The van der Waals surface area contributed by atoms with Gasteiger partial charge in [-0.05, 0) is 89.5 Å². The van der Waals surface area contributed by atoms with Crippen LogP contribution >= 0.6 is 0 Å². The molecule has 2 N–H and O–H groups in total. The van der Waals surface area contributed by atoms with Crippen molar-refractivity contribution in [2.45, 2.75) is 33.1 Å². The number of nitrogens with zero attached hydrogens (tertiary/aromatic N) is 5. The van der Waals surface area contributed by atoms with Gasteiger partial charge in [0.05, 0.1) is 0 Å². The molecule has 8 nitrogen and oxygen atoms in total. The maximum atomic E-state index is 13.1. The first-order valence-electron chi connectivity index (χ1n) is 12.3. The van der Waals surface area contributed by atoms with Crippen LogP contribution in [-0.4, -0.2) is 57.3 Å². The van der Waals surface area contributed by atoms with Gasteiger partial charge < -0.3 is 15.5 Å². The lowest BCUT2D eigenvalue weighted by molar-refractivity contribution is 0.129. The summed E-state index contributed by atoms with van der Waals surface area (Å²) in [5, 5.41) is 17.8. The van der Waals surface area contributed by atoms with Crippen molar-refractivity contribution in [1.82, 2.24) is 30.4 Å². The van der Waals surface area contributed by atoms with Gasteiger partial charge in [-0.1, -0.05) is 26.0 Å². The predicted molar refractivity (Wildman–Crippen MR) is 134 cm³/mol.